The zero-order valence-corrected chi connectivity index (χ0v) is 23.8. The highest BCUT2D eigenvalue weighted by Gasteiger charge is 2.38. The number of methoxy groups -OCH3 is 1. The van der Waals surface area contributed by atoms with Gasteiger partial charge in [0.05, 0.1) is 33.5 Å². The van der Waals surface area contributed by atoms with Crippen molar-refractivity contribution in [1.82, 2.24) is 21.3 Å². The number of aliphatic carboxylic acids is 1. The Morgan fingerprint density at radius 3 is 2.10 bits per heavy atom. The van der Waals surface area contributed by atoms with Gasteiger partial charge in [-0.2, -0.15) is 13.2 Å². The predicted octanol–water partition coefficient (Wildman–Crippen LogP) is -1.64. The number of halogens is 3. The lowest BCUT2D eigenvalue weighted by atomic mass is 9.98. The molecule has 1 rings (SSSR count). The lowest BCUT2D eigenvalue weighted by molar-refractivity contribution is -0.192. The molecule has 240 valence electrons. The molecule has 0 aromatic heterocycles. The lowest BCUT2D eigenvalue weighted by Crippen LogP contribution is -2.63. The number of alkyl halides is 3. The van der Waals surface area contributed by atoms with E-state index in [9.17, 15) is 37.1 Å². The molecule has 42 heavy (non-hydrogen) atoms. The highest BCUT2D eigenvalue weighted by molar-refractivity contribution is 5.96. The van der Waals surface area contributed by atoms with Crippen LogP contribution in [-0.4, -0.2) is 111 Å². The van der Waals surface area contributed by atoms with E-state index in [1.165, 1.54) is 21.0 Å². The minimum absolute atomic E-state index is 0.0752. The molecule has 0 saturated carbocycles. The first-order valence-electron chi connectivity index (χ1n) is 12.5. The molecule has 0 aromatic carbocycles. The molecular formula is C24H38F3N5O10. The molecule has 0 spiro atoms. The second kappa shape index (κ2) is 17.9. The smallest absolute Gasteiger partial charge is 0.475 e. The minimum Gasteiger partial charge on any atom is -0.475 e. The van der Waals surface area contributed by atoms with Crippen molar-refractivity contribution in [3.8, 4) is 0 Å². The maximum absolute atomic E-state index is 13.0. The van der Waals surface area contributed by atoms with Crippen LogP contribution < -0.4 is 27.0 Å². The van der Waals surface area contributed by atoms with Crippen LogP contribution >= 0.6 is 0 Å². The number of carbonyl (C=O) groups excluding carboxylic acids is 5. The van der Waals surface area contributed by atoms with Gasteiger partial charge in [-0.25, -0.2) is 4.79 Å². The molecule has 18 heteroatoms. The van der Waals surface area contributed by atoms with Crippen LogP contribution in [0.4, 0.5) is 13.2 Å². The van der Waals surface area contributed by atoms with Crippen LogP contribution in [0.25, 0.3) is 0 Å². The molecular weight excluding hydrogens is 575 g/mol. The zero-order valence-electron chi connectivity index (χ0n) is 23.8. The van der Waals surface area contributed by atoms with E-state index in [2.05, 4.69) is 26.0 Å². The van der Waals surface area contributed by atoms with Crippen LogP contribution in [0.3, 0.4) is 0 Å². The second-order valence-electron chi connectivity index (χ2n) is 9.62. The average molecular weight is 614 g/mol. The normalized spacial score (nSPS) is 23.4. The maximum Gasteiger partial charge on any atom is 0.490 e. The number of rotatable bonds is 4. The molecule has 0 aromatic rings. The molecule has 1 heterocycles. The summed E-state index contributed by atoms with van der Waals surface area (Å²) in [6.07, 6.45) is -1.80. The topological polar surface area (TPSA) is 224 Å². The highest BCUT2D eigenvalue weighted by Crippen LogP contribution is 2.13. The first kappa shape index (κ1) is 38.2. The third-order valence-electron chi connectivity index (χ3n) is 5.26. The van der Waals surface area contributed by atoms with Crippen molar-refractivity contribution in [2.75, 3.05) is 40.1 Å². The van der Waals surface area contributed by atoms with Crippen molar-refractivity contribution in [2.24, 2.45) is 11.7 Å². The Hall–Kier alpha value is -3.77. The number of nitrogens with one attached hydrogen (secondary N) is 4. The van der Waals surface area contributed by atoms with Crippen LogP contribution in [0.15, 0.2) is 12.2 Å². The van der Waals surface area contributed by atoms with Crippen molar-refractivity contribution < 1.29 is 61.3 Å². The summed E-state index contributed by atoms with van der Waals surface area (Å²) >= 11 is 0. The van der Waals surface area contributed by atoms with Crippen LogP contribution in [0, 0.1) is 5.92 Å². The molecule has 0 fully saturated rings. The van der Waals surface area contributed by atoms with E-state index < -0.39 is 65.4 Å². The number of carbonyl (C=O) groups is 6. The van der Waals surface area contributed by atoms with Crippen LogP contribution in [0.5, 0.6) is 0 Å². The van der Waals surface area contributed by atoms with Gasteiger partial charge in [0.15, 0.2) is 0 Å². The fourth-order valence-electron chi connectivity index (χ4n) is 2.84. The van der Waals surface area contributed by atoms with E-state index in [1.807, 2.05) is 0 Å². The lowest BCUT2D eigenvalue weighted by Gasteiger charge is -2.31. The highest BCUT2D eigenvalue weighted by atomic mass is 19.4. The van der Waals surface area contributed by atoms with E-state index in [-0.39, 0.29) is 38.9 Å². The zero-order chi connectivity index (χ0) is 32.7. The summed E-state index contributed by atoms with van der Waals surface area (Å²) in [5.74, 6) is -6.31. The first-order chi connectivity index (χ1) is 19.3. The molecule has 0 saturated heterocycles. The molecule has 0 unspecified atom stereocenters. The summed E-state index contributed by atoms with van der Waals surface area (Å²) in [5, 5.41) is 17.2. The minimum atomic E-state index is -5.08. The van der Waals surface area contributed by atoms with Crippen molar-refractivity contribution in [3.63, 3.8) is 0 Å². The van der Waals surface area contributed by atoms with E-state index in [0.717, 1.165) is 0 Å². The third kappa shape index (κ3) is 14.7. The number of hydrogen-bond donors (Lipinski definition) is 6. The molecule has 15 nitrogen and oxygen atoms in total. The Balaban J connectivity index is 0.00000212. The average Bonchev–Trinajstić information content (AvgIpc) is 2.89. The fourth-order valence-corrected chi connectivity index (χ4v) is 2.84. The Morgan fingerprint density at radius 2 is 1.62 bits per heavy atom. The van der Waals surface area contributed by atoms with Gasteiger partial charge in [-0.3, -0.25) is 24.0 Å². The van der Waals surface area contributed by atoms with Gasteiger partial charge in [0.1, 0.15) is 30.2 Å². The maximum atomic E-state index is 13.0. The van der Waals surface area contributed by atoms with Gasteiger partial charge in [-0.1, -0.05) is 26.0 Å². The molecule has 0 aliphatic carbocycles. The number of esters is 1. The SMILES string of the molecule is COC(=O)CNC(=O)[C@@H]1COC/C=C/COC[C@H](N)C(=O)NC(C)(C)C(=O)N[C@@H](C(C)C)C(=O)N1.O=C(O)C(F)(F)F. The quantitative estimate of drug-likeness (QED) is 0.156. The Bertz CT molecular complexity index is 988. The molecule has 1 aliphatic heterocycles. The van der Waals surface area contributed by atoms with Crippen molar-refractivity contribution in [1.29, 1.82) is 0 Å². The molecule has 4 amide bonds. The van der Waals surface area contributed by atoms with E-state index in [1.54, 1.807) is 26.0 Å². The summed E-state index contributed by atoms with van der Waals surface area (Å²) in [5.41, 5.74) is 4.45. The summed E-state index contributed by atoms with van der Waals surface area (Å²) in [4.78, 5) is 71.2. The van der Waals surface area contributed by atoms with E-state index in [4.69, 9.17) is 25.1 Å². The third-order valence-corrected chi connectivity index (χ3v) is 5.26. The van der Waals surface area contributed by atoms with E-state index in [0.29, 0.717) is 0 Å². The summed E-state index contributed by atoms with van der Waals surface area (Å²) in [7, 11) is 1.18. The van der Waals surface area contributed by atoms with E-state index >= 15 is 0 Å². The Labute approximate surface area is 240 Å². The van der Waals surface area contributed by atoms with Crippen molar-refractivity contribution in [2.45, 2.75) is 57.5 Å². The van der Waals surface area contributed by atoms with Gasteiger partial charge in [0.2, 0.25) is 23.6 Å². The number of carboxylic acids is 1. The number of ether oxygens (including phenoxy) is 3. The molecule has 1 aliphatic rings. The number of nitrogens with two attached hydrogens (primary N) is 1. The van der Waals surface area contributed by atoms with Crippen molar-refractivity contribution >= 4 is 35.6 Å². The summed E-state index contributed by atoms with van der Waals surface area (Å²) in [6.45, 7) is 5.96. The van der Waals surface area contributed by atoms with Gasteiger partial charge in [0, 0.05) is 0 Å². The van der Waals surface area contributed by atoms with Crippen LogP contribution in [-0.2, 0) is 43.0 Å². The Kier molecular flexibility index (Phi) is 16.3. The molecule has 7 N–H and O–H groups in total. The molecule has 3 atom stereocenters. The van der Waals surface area contributed by atoms with Gasteiger partial charge in [-0.15, -0.1) is 0 Å². The Morgan fingerprint density at radius 1 is 1.10 bits per heavy atom. The van der Waals surface area contributed by atoms with Gasteiger partial charge < -0.3 is 46.3 Å². The second-order valence-corrected chi connectivity index (χ2v) is 9.62. The molecule has 0 radical (unpaired) electrons. The largest absolute Gasteiger partial charge is 0.490 e. The number of amides is 4. The van der Waals surface area contributed by atoms with Gasteiger partial charge >= 0.3 is 18.1 Å². The molecule has 0 bridgehead atoms. The standard InChI is InChI=1S/C22H37N5O8.C2HF3O2/c1-13(2)17-20(31)25-15(19(30)24-10-16(28)33-5)12-35-9-7-6-8-34-11-14(23)18(29)27-22(3,4)21(32)26-17;3-2(4,5)1(6)7/h6-7,13-15,17H,8-12,23H2,1-5H3,(H,24,30)(H,25,31)(H,26,32)(H,27,29);(H,6,7)/b7-6+;/t14-,15-,17-;/m0./s1. The van der Waals surface area contributed by atoms with Crippen LogP contribution in [0.1, 0.15) is 27.7 Å². The van der Waals surface area contributed by atoms with Crippen LogP contribution in [0.2, 0.25) is 0 Å². The van der Waals surface area contributed by atoms with Gasteiger partial charge in [0.25, 0.3) is 0 Å². The summed E-state index contributed by atoms with van der Waals surface area (Å²) in [6, 6.07) is -3.19. The summed E-state index contributed by atoms with van der Waals surface area (Å²) < 4.78 is 47.1. The van der Waals surface area contributed by atoms with Crippen molar-refractivity contribution in [3.05, 3.63) is 12.2 Å². The van der Waals surface area contributed by atoms with Gasteiger partial charge in [-0.05, 0) is 19.8 Å². The number of carboxylic acid groups (broad SMARTS) is 1. The monoisotopic (exact) mass is 613 g/mol. The fraction of sp³-hybridized carbons (Fsp3) is 0.667. The predicted molar refractivity (Wildman–Crippen MR) is 138 cm³/mol. The number of hydrogen-bond acceptors (Lipinski definition) is 10. The first-order valence-corrected chi connectivity index (χ1v) is 12.5.